The predicted octanol–water partition coefficient (Wildman–Crippen LogP) is 2.02. The molecule has 0 unspecified atom stereocenters. The van der Waals surface area contributed by atoms with E-state index < -0.39 is 17.2 Å². The molecule has 0 atom stereocenters. The fraction of sp³-hybridized carbons (Fsp3) is 0.444. The van der Waals surface area contributed by atoms with Crippen molar-refractivity contribution in [3.8, 4) is 5.75 Å². The van der Waals surface area contributed by atoms with Crippen LogP contribution in [0.2, 0.25) is 0 Å². The van der Waals surface area contributed by atoms with E-state index in [1.165, 1.54) is 13.3 Å². The van der Waals surface area contributed by atoms with E-state index in [9.17, 15) is 19.1 Å². The van der Waals surface area contributed by atoms with Crippen molar-refractivity contribution in [1.29, 1.82) is 0 Å². The molecule has 1 aromatic heterocycles. The van der Waals surface area contributed by atoms with E-state index in [-0.39, 0.29) is 22.7 Å². The number of methoxy groups -OCH3 is 1. The number of aromatic nitrogens is 1. The average Bonchev–Trinajstić information content (AvgIpc) is 3.47. The molecule has 138 valence electrons. The summed E-state index contributed by atoms with van der Waals surface area (Å²) in [6.45, 7) is 1.99. The van der Waals surface area contributed by atoms with Gasteiger partial charge in [0.05, 0.1) is 31.2 Å². The van der Waals surface area contributed by atoms with E-state index in [0.717, 1.165) is 18.9 Å². The number of pyridine rings is 1. The zero-order valence-corrected chi connectivity index (χ0v) is 14.3. The Labute approximate surface area is 148 Å². The molecule has 1 saturated carbocycles. The quantitative estimate of drug-likeness (QED) is 0.896. The minimum absolute atomic E-state index is 0.0307. The van der Waals surface area contributed by atoms with Gasteiger partial charge in [0.1, 0.15) is 11.3 Å². The smallest absolute Gasteiger partial charge is 0.341 e. The average molecular weight is 362 g/mol. The minimum Gasteiger partial charge on any atom is -0.492 e. The summed E-state index contributed by atoms with van der Waals surface area (Å²) in [7, 11) is 1.44. The Morgan fingerprint density at radius 1 is 1.35 bits per heavy atom. The number of carboxylic acids is 1. The van der Waals surface area contributed by atoms with Gasteiger partial charge >= 0.3 is 5.97 Å². The van der Waals surface area contributed by atoms with Gasteiger partial charge in [-0.05, 0) is 18.9 Å². The van der Waals surface area contributed by atoms with Crippen molar-refractivity contribution in [3.05, 3.63) is 33.9 Å². The maximum absolute atomic E-state index is 15.0. The van der Waals surface area contributed by atoms with Gasteiger partial charge in [0.15, 0.2) is 11.6 Å². The molecule has 0 radical (unpaired) electrons. The molecule has 2 aliphatic rings. The van der Waals surface area contributed by atoms with E-state index in [2.05, 4.69) is 0 Å². The number of fused-ring (bicyclic) bond motifs is 1. The van der Waals surface area contributed by atoms with Crippen molar-refractivity contribution in [2.45, 2.75) is 18.9 Å². The Morgan fingerprint density at radius 2 is 2.04 bits per heavy atom. The summed E-state index contributed by atoms with van der Waals surface area (Å²) in [5.74, 6) is -1.65. The van der Waals surface area contributed by atoms with E-state index in [4.69, 9.17) is 9.47 Å². The lowest BCUT2D eigenvalue weighted by molar-refractivity contribution is 0.0694. The van der Waals surface area contributed by atoms with Gasteiger partial charge in [0.2, 0.25) is 5.43 Å². The lowest BCUT2D eigenvalue weighted by Gasteiger charge is -2.31. The zero-order valence-electron chi connectivity index (χ0n) is 14.3. The van der Waals surface area contributed by atoms with Crippen molar-refractivity contribution < 1.29 is 23.8 Å². The van der Waals surface area contributed by atoms with Crippen LogP contribution in [0, 0.1) is 5.82 Å². The zero-order chi connectivity index (χ0) is 18.4. The van der Waals surface area contributed by atoms with Gasteiger partial charge in [-0.15, -0.1) is 0 Å². The monoisotopic (exact) mass is 362 g/mol. The van der Waals surface area contributed by atoms with Gasteiger partial charge in [0, 0.05) is 25.3 Å². The van der Waals surface area contributed by atoms with Crippen LogP contribution >= 0.6 is 0 Å². The third-order valence-electron chi connectivity index (χ3n) is 4.90. The van der Waals surface area contributed by atoms with Crippen molar-refractivity contribution in [2.24, 2.45) is 0 Å². The van der Waals surface area contributed by atoms with Gasteiger partial charge in [-0.3, -0.25) is 4.79 Å². The number of rotatable bonds is 4. The highest BCUT2D eigenvalue weighted by molar-refractivity contribution is 5.97. The van der Waals surface area contributed by atoms with Crippen LogP contribution in [0.4, 0.5) is 10.1 Å². The molecular weight excluding hydrogens is 343 g/mol. The molecule has 1 aliphatic heterocycles. The Morgan fingerprint density at radius 3 is 2.62 bits per heavy atom. The summed E-state index contributed by atoms with van der Waals surface area (Å²) < 4.78 is 27.6. The number of carboxylic acid groups (broad SMARTS) is 1. The van der Waals surface area contributed by atoms with Crippen molar-refractivity contribution in [2.75, 3.05) is 38.3 Å². The summed E-state index contributed by atoms with van der Waals surface area (Å²) in [5.41, 5.74) is -0.312. The van der Waals surface area contributed by atoms with Crippen LogP contribution in [-0.4, -0.2) is 49.1 Å². The minimum atomic E-state index is -1.32. The Bertz CT molecular complexity index is 945. The number of halogens is 1. The third kappa shape index (κ3) is 2.61. The molecule has 7 nitrogen and oxygen atoms in total. The first kappa shape index (κ1) is 16.8. The highest BCUT2D eigenvalue weighted by atomic mass is 19.1. The maximum Gasteiger partial charge on any atom is 0.341 e. The molecular formula is C18H19FN2O5. The lowest BCUT2D eigenvalue weighted by Crippen LogP contribution is -2.37. The van der Waals surface area contributed by atoms with Crippen LogP contribution < -0.4 is 15.1 Å². The first-order chi connectivity index (χ1) is 12.5. The number of nitrogens with zero attached hydrogens (tertiary/aromatic N) is 2. The lowest BCUT2D eigenvalue weighted by atomic mass is 10.1. The fourth-order valence-corrected chi connectivity index (χ4v) is 3.51. The van der Waals surface area contributed by atoms with Gasteiger partial charge in [0.25, 0.3) is 0 Å². The van der Waals surface area contributed by atoms with E-state index in [0.29, 0.717) is 37.5 Å². The van der Waals surface area contributed by atoms with Crippen molar-refractivity contribution in [1.82, 2.24) is 4.57 Å². The van der Waals surface area contributed by atoms with Crippen LogP contribution in [-0.2, 0) is 4.74 Å². The Hall–Kier alpha value is -2.61. The number of ether oxygens (including phenoxy) is 2. The maximum atomic E-state index is 15.0. The van der Waals surface area contributed by atoms with Crippen LogP contribution in [0.5, 0.6) is 5.75 Å². The van der Waals surface area contributed by atoms with Gasteiger partial charge < -0.3 is 24.0 Å². The number of morpholine rings is 1. The standard InChI is InChI=1S/C18H19FN2O5/c1-25-17-14-11(8-13(19)15(17)20-4-6-26-7-5-20)16(22)12(18(23)24)9-21(14)10-2-3-10/h8-10H,2-7H2,1H3,(H,23,24). The Balaban J connectivity index is 2.05. The molecule has 1 aromatic carbocycles. The molecule has 0 bridgehead atoms. The Kier molecular flexibility index (Phi) is 4.07. The van der Waals surface area contributed by atoms with Crippen LogP contribution in [0.15, 0.2) is 17.1 Å². The summed E-state index contributed by atoms with van der Waals surface area (Å²) in [6.07, 6.45) is 3.11. The largest absolute Gasteiger partial charge is 0.492 e. The van der Waals surface area contributed by atoms with E-state index >= 15 is 0 Å². The summed E-state index contributed by atoms with van der Waals surface area (Å²) in [4.78, 5) is 25.9. The first-order valence-electron chi connectivity index (χ1n) is 8.54. The normalized spacial score (nSPS) is 17.5. The molecule has 2 aromatic rings. The van der Waals surface area contributed by atoms with Crippen LogP contribution in [0.3, 0.4) is 0 Å². The number of hydrogen-bond acceptors (Lipinski definition) is 5. The molecule has 1 N–H and O–H groups in total. The van der Waals surface area contributed by atoms with Crippen LogP contribution in [0.1, 0.15) is 29.2 Å². The highest BCUT2D eigenvalue weighted by Crippen LogP contribution is 2.43. The van der Waals surface area contributed by atoms with E-state index in [1.54, 1.807) is 4.57 Å². The third-order valence-corrected chi connectivity index (χ3v) is 4.90. The molecule has 2 heterocycles. The topological polar surface area (TPSA) is 81.0 Å². The molecule has 8 heteroatoms. The molecule has 4 rings (SSSR count). The van der Waals surface area contributed by atoms with Gasteiger partial charge in [-0.1, -0.05) is 0 Å². The van der Waals surface area contributed by atoms with Crippen molar-refractivity contribution in [3.63, 3.8) is 0 Å². The summed E-state index contributed by atoms with van der Waals surface area (Å²) in [5, 5.41) is 9.38. The number of hydrogen-bond donors (Lipinski definition) is 1. The van der Waals surface area contributed by atoms with Gasteiger partial charge in [-0.25, -0.2) is 9.18 Å². The number of anilines is 1. The number of benzene rings is 1. The molecule has 2 fully saturated rings. The number of aromatic carboxylic acids is 1. The molecule has 1 aliphatic carbocycles. The molecule has 26 heavy (non-hydrogen) atoms. The predicted molar refractivity (Wildman–Crippen MR) is 93.0 cm³/mol. The fourth-order valence-electron chi connectivity index (χ4n) is 3.51. The second-order valence-electron chi connectivity index (χ2n) is 6.55. The van der Waals surface area contributed by atoms with E-state index in [1.807, 2.05) is 4.90 Å². The summed E-state index contributed by atoms with van der Waals surface area (Å²) >= 11 is 0. The molecule has 0 amide bonds. The second kappa shape index (κ2) is 6.28. The molecule has 0 spiro atoms. The second-order valence-corrected chi connectivity index (χ2v) is 6.55. The SMILES string of the molecule is COc1c(N2CCOCC2)c(F)cc2c(=O)c(C(=O)O)cn(C3CC3)c12. The number of carbonyl (C=O) groups is 1. The van der Waals surface area contributed by atoms with Crippen LogP contribution in [0.25, 0.3) is 10.9 Å². The molecule has 1 saturated heterocycles. The summed E-state index contributed by atoms with van der Waals surface area (Å²) in [6, 6.07) is 1.23. The highest BCUT2D eigenvalue weighted by Gasteiger charge is 2.31. The van der Waals surface area contributed by atoms with Crippen molar-refractivity contribution >= 4 is 22.6 Å². The first-order valence-corrected chi connectivity index (χ1v) is 8.54. The van der Waals surface area contributed by atoms with Gasteiger partial charge in [-0.2, -0.15) is 0 Å².